The number of aromatic hydroxyl groups is 2. The summed E-state index contributed by atoms with van der Waals surface area (Å²) in [5.41, 5.74) is 15.4. The molecule has 1 aliphatic carbocycles. The molecule has 0 saturated heterocycles. The van der Waals surface area contributed by atoms with Crippen molar-refractivity contribution >= 4 is 50.1 Å². The Morgan fingerprint density at radius 1 is 0.368 bits per heavy atom. The smallest absolute Gasteiger partial charge is 1.00 e. The largest absolute Gasteiger partial charge is 1.00 e. The molecule has 0 radical (unpaired) electrons. The van der Waals surface area contributed by atoms with Crippen LogP contribution < -0.4 is 108 Å². The second-order valence-electron chi connectivity index (χ2n) is 21.8. The topological polar surface area (TPSA) is 161 Å². The summed E-state index contributed by atoms with van der Waals surface area (Å²) in [6.07, 6.45) is 1.10. The van der Waals surface area contributed by atoms with E-state index in [4.69, 9.17) is 20.2 Å². The van der Waals surface area contributed by atoms with Crippen LogP contribution in [0.15, 0.2) is 291 Å². The molecule has 4 heterocycles. The zero-order valence-corrected chi connectivity index (χ0v) is 57.7. The second kappa shape index (κ2) is 29.5. The van der Waals surface area contributed by atoms with Crippen LogP contribution in [0, 0.1) is 11.6 Å². The molecule has 16 aromatic rings. The van der Waals surface area contributed by atoms with Crippen LogP contribution in [0.2, 0.25) is 0 Å². The van der Waals surface area contributed by atoms with E-state index in [-0.39, 0.29) is 122 Å². The van der Waals surface area contributed by atoms with E-state index >= 15 is 0 Å². The van der Waals surface area contributed by atoms with Crippen LogP contribution in [0.4, 0.5) is 8.78 Å². The Kier molecular flexibility index (Phi) is 20.4. The summed E-state index contributed by atoms with van der Waals surface area (Å²) in [5, 5.41) is 53.0. The molecule has 452 valence electrons. The summed E-state index contributed by atoms with van der Waals surface area (Å²) in [4.78, 5) is 11.2. The van der Waals surface area contributed by atoms with Crippen molar-refractivity contribution in [2.24, 2.45) is 0 Å². The molecule has 1 aliphatic rings. The fourth-order valence-corrected chi connectivity index (χ4v) is 12.3. The normalized spacial score (nSPS) is 11.0. The van der Waals surface area contributed by atoms with Crippen LogP contribution in [0.25, 0.3) is 123 Å². The number of aromatic nitrogens is 8. The summed E-state index contributed by atoms with van der Waals surface area (Å²) in [7, 11) is 0. The molecule has 95 heavy (non-hydrogen) atoms. The van der Waals surface area contributed by atoms with Gasteiger partial charge in [0.15, 0.2) is 46.4 Å². The Labute approximate surface area is 630 Å². The van der Waals surface area contributed by atoms with Crippen LogP contribution >= 0.6 is 0 Å². The zero-order valence-electron chi connectivity index (χ0n) is 52.5. The van der Waals surface area contributed by atoms with Gasteiger partial charge < -0.3 is 30.9 Å². The van der Waals surface area contributed by atoms with Crippen molar-refractivity contribution in [1.29, 1.82) is 0 Å². The van der Waals surface area contributed by atoms with E-state index in [0.29, 0.717) is 34.7 Å². The molecule has 0 atom stereocenters. The van der Waals surface area contributed by atoms with Crippen molar-refractivity contribution in [3.05, 3.63) is 314 Å². The fraction of sp³-hybridized carbons (Fsp3) is 0.0128. The summed E-state index contributed by atoms with van der Waals surface area (Å²) >= 11 is 0. The molecule has 13 nitrogen and oxygen atoms in total. The predicted molar refractivity (Wildman–Crippen MR) is 359 cm³/mol. The predicted octanol–water partition coefficient (Wildman–Crippen LogP) is 10.9. The number of phenolic OH excluding ortho intramolecular Hbond substituents is 2. The number of para-hydroxylation sites is 4. The van der Waals surface area contributed by atoms with Crippen molar-refractivity contribution in [2.75, 3.05) is 0 Å². The van der Waals surface area contributed by atoms with Gasteiger partial charge in [-0.2, -0.15) is 0 Å². The molecule has 0 aliphatic heterocycles. The first-order valence-corrected chi connectivity index (χ1v) is 29.8. The molecule has 17 heteroatoms. The maximum absolute atomic E-state index is 14.0. The Hall–Kier alpha value is -9.32. The van der Waals surface area contributed by atoms with Crippen LogP contribution in [0.5, 0.6) is 11.5 Å². The van der Waals surface area contributed by atoms with Gasteiger partial charge in [-0.05, 0) is 65.1 Å². The third kappa shape index (κ3) is 12.9. The number of rotatable bonds is 9. The maximum Gasteiger partial charge on any atom is 1.00 e. The number of fused-ring (bicyclic) bond motifs is 9. The van der Waals surface area contributed by atoms with E-state index in [9.17, 15) is 19.0 Å². The second-order valence-corrected chi connectivity index (χ2v) is 21.8. The van der Waals surface area contributed by atoms with E-state index in [1.807, 2.05) is 121 Å². The van der Waals surface area contributed by atoms with Gasteiger partial charge in [0.05, 0.1) is 44.8 Å². The first-order chi connectivity index (χ1) is 45.8. The van der Waals surface area contributed by atoms with Crippen LogP contribution in [0.3, 0.4) is 0 Å². The first-order valence-electron chi connectivity index (χ1n) is 29.8. The number of benzene rings is 12. The van der Waals surface area contributed by atoms with Gasteiger partial charge in [0.25, 0.3) is 6.47 Å². The van der Waals surface area contributed by atoms with Crippen LogP contribution in [-0.2, 0) is 16.1 Å². The molecule has 0 fully saturated rings. The van der Waals surface area contributed by atoms with Gasteiger partial charge in [0.2, 0.25) is 0 Å². The quantitative estimate of drug-likeness (QED) is 0.0620. The first kappa shape index (κ1) is 65.7. The minimum atomic E-state index is -1.05. The molecule has 0 bridgehead atoms. The summed E-state index contributed by atoms with van der Waals surface area (Å²) in [6.45, 7) is -0.181. The molecule has 4 aromatic heterocycles. The average Bonchev–Trinajstić information content (AvgIpc) is 1.55. The number of carbonyl (C=O) groups is 1. The molecule has 2 N–H and O–H groups in total. The number of halogens is 2. The van der Waals surface area contributed by atoms with Gasteiger partial charge in [-0.3, -0.25) is 13.9 Å². The van der Waals surface area contributed by atoms with Gasteiger partial charge in [-0.25, -0.2) is 8.78 Å². The molecular weight excluding hydrogens is 1250 g/mol. The monoisotopic (exact) mass is 1300 g/mol. The third-order valence-corrected chi connectivity index (χ3v) is 16.4. The zero-order chi connectivity index (χ0) is 63.4. The van der Waals surface area contributed by atoms with E-state index in [0.717, 1.165) is 90.1 Å². The average molecular weight is 1300 g/mol. The summed E-state index contributed by atoms with van der Waals surface area (Å²) in [6, 6.07) is 95.7. The van der Waals surface area contributed by atoms with E-state index in [2.05, 4.69) is 187 Å². The number of phenols is 2. The van der Waals surface area contributed by atoms with Gasteiger partial charge in [-0.1, -0.05) is 243 Å². The number of hydrogen-bond acceptors (Lipinski definition) is 9. The molecular formula is C78H54F2K2N8O5. The Morgan fingerprint density at radius 3 is 0.937 bits per heavy atom. The maximum atomic E-state index is 14.0. The van der Waals surface area contributed by atoms with Gasteiger partial charge in [0.1, 0.15) is 0 Å². The van der Waals surface area contributed by atoms with Crippen molar-refractivity contribution in [3.8, 4) is 90.9 Å². The standard InChI is InChI=1S/C44H29N5O.C20H13F2N3O.C13H10.CH2O3.2K.H/c50-42-40(48-36-23-11-7-19-32(36)33-20-8-12-24-37(33)48)27-31(28-41(42)49-38-25-13-9-21-34(38)35-22-10-14-26-39(35)49)47-43(29-15-3-1-4-16-29)45-46-44(47)30-17-5-2-6-18-30;21-16-11-15(12-17(22)18(16)26)25-19(13-7-3-1-4-8-13)23-24-20(25)14-9-5-2-6-10-14;1-3-7-12-10(5-1)9-11-6-2-4-8-13(11)12;2-1-4-3;;;/h1-28,50H;1-12,26H;1-8H,9H2;1,3H;;;/q;;;;2*+1;-1/p-1. The van der Waals surface area contributed by atoms with Gasteiger partial charge in [0, 0.05) is 55.9 Å². The van der Waals surface area contributed by atoms with E-state index in [1.165, 1.54) is 22.3 Å². The number of carbonyl (C=O) groups excluding carboxylic acids is 1. The van der Waals surface area contributed by atoms with E-state index < -0.39 is 17.4 Å². The molecule has 0 unspecified atom stereocenters. The Bertz CT molecular complexity index is 4980. The van der Waals surface area contributed by atoms with E-state index in [1.54, 1.807) is 4.57 Å². The van der Waals surface area contributed by atoms with Crippen molar-refractivity contribution < 1.29 is 138 Å². The van der Waals surface area contributed by atoms with Gasteiger partial charge >= 0.3 is 103 Å². The summed E-state index contributed by atoms with van der Waals surface area (Å²) < 4.78 is 35.9. The molecule has 0 saturated carbocycles. The fourth-order valence-electron chi connectivity index (χ4n) is 12.3. The molecule has 0 amide bonds. The minimum absolute atomic E-state index is 0. The van der Waals surface area contributed by atoms with Crippen LogP contribution in [0.1, 0.15) is 12.6 Å². The number of hydrogen-bond donors (Lipinski definition) is 2. The molecule has 17 rings (SSSR count). The Balaban J connectivity index is 0.000000169. The number of nitrogens with zero attached hydrogens (tertiary/aromatic N) is 8. The Morgan fingerprint density at radius 2 is 0.632 bits per heavy atom. The molecule has 0 spiro atoms. The van der Waals surface area contributed by atoms with Crippen molar-refractivity contribution in [3.63, 3.8) is 0 Å². The van der Waals surface area contributed by atoms with Crippen LogP contribution in [-0.4, -0.2) is 55.3 Å². The van der Waals surface area contributed by atoms with Crippen molar-refractivity contribution in [1.82, 2.24) is 38.7 Å². The SMILES string of the molecule is O=CO[O-].Oc1c(-n2c3ccccc3c3ccccc32)cc(-n2c(-c3ccccc3)nnc2-c2ccccc2)cc1-n1c2ccccc2c2ccccc21.Oc1c(F)cc(-n2c(-c3ccccc3)nnc2-c2ccccc2)cc1F.[H-].[K+].[K+].c1ccc2c(c1)Cc1ccccc1-2. The minimum Gasteiger partial charge on any atom is -1.00 e. The third-order valence-electron chi connectivity index (χ3n) is 16.4. The molecule has 12 aromatic carbocycles. The van der Waals surface area contributed by atoms with Crippen molar-refractivity contribution in [2.45, 2.75) is 6.42 Å². The van der Waals surface area contributed by atoms with Gasteiger partial charge in [-0.15, -0.1) is 20.4 Å². The summed E-state index contributed by atoms with van der Waals surface area (Å²) in [5.74, 6) is -0.652.